The Labute approximate surface area is 268 Å². The fourth-order valence-electron chi connectivity index (χ4n) is 7.24. The van der Waals surface area contributed by atoms with Crippen LogP contribution in [-0.2, 0) is 0 Å². The highest BCUT2D eigenvalue weighted by Gasteiger charge is 2.18. The molecule has 9 aromatic carbocycles. The first-order chi connectivity index (χ1) is 22.8. The summed E-state index contributed by atoms with van der Waals surface area (Å²) in [5.41, 5.74) is 10.0. The molecule has 0 amide bonds. The Morgan fingerprint density at radius 2 is 0.674 bits per heavy atom. The molecule has 0 heterocycles. The van der Waals surface area contributed by atoms with E-state index < -0.39 is 0 Å². The second-order valence-electron chi connectivity index (χ2n) is 12.1. The van der Waals surface area contributed by atoms with Crippen LogP contribution in [0.3, 0.4) is 0 Å². The van der Waals surface area contributed by atoms with Gasteiger partial charge in [0.15, 0.2) is 0 Å². The van der Waals surface area contributed by atoms with Crippen molar-refractivity contribution in [1.29, 1.82) is 0 Å². The van der Waals surface area contributed by atoms with E-state index in [4.69, 9.17) is 0 Å². The van der Waals surface area contributed by atoms with E-state index in [9.17, 15) is 0 Å². The Kier molecular flexibility index (Phi) is 6.25. The largest absolute Gasteiger partial charge is 0.0622 e. The van der Waals surface area contributed by atoms with Crippen LogP contribution in [0.1, 0.15) is 0 Å². The lowest BCUT2D eigenvalue weighted by molar-refractivity contribution is 1.63. The lowest BCUT2D eigenvalue weighted by Crippen LogP contribution is -1.91. The Hall–Kier alpha value is -5.98. The fraction of sp³-hybridized carbons (Fsp3) is 0. The highest BCUT2D eigenvalue weighted by molar-refractivity contribution is 6.23. The third-order valence-electron chi connectivity index (χ3n) is 9.43. The normalized spacial score (nSPS) is 11.5. The zero-order valence-corrected chi connectivity index (χ0v) is 25.3. The SMILES string of the molecule is c1ccc(-c2ccc3cc(-c4ccc5cccc(-c6c7ccccc7c(-c7ccccc7)c7ccccc67)c5c4)ccc3c2)cc1. The second kappa shape index (κ2) is 10.9. The first-order valence-corrected chi connectivity index (χ1v) is 15.9. The summed E-state index contributed by atoms with van der Waals surface area (Å²) < 4.78 is 0. The minimum absolute atomic E-state index is 1.23. The molecule has 0 aliphatic rings. The first-order valence-electron chi connectivity index (χ1n) is 15.9. The number of benzene rings is 9. The Morgan fingerprint density at radius 3 is 1.26 bits per heavy atom. The predicted octanol–water partition coefficient (Wildman–Crippen LogP) is 13.0. The van der Waals surface area contributed by atoms with Crippen LogP contribution in [0.25, 0.3) is 87.6 Å². The van der Waals surface area contributed by atoms with Gasteiger partial charge in [-0.1, -0.05) is 164 Å². The molecule has 0 unspecified atom stereocenters. The van der Waals surface area contributed by atoms with Crippen molar-refractivity contribution in [2.24, 2.45) is 0 Å². The van der Waals surface area contributed by atoms with E-state index in [2.05, 4.69) is 182 Å². The van der Waals surface area contributed by atoms with Crippen molar-refractivity contribution in [3.8, 4) is 44.5 Å². The Morgan fingerprint density at radius 1 is 0.217 bits per heavy atom. The van der Waals surface area contributed by atoms with E-state index in [0.717, 1.165) is 0 Å². The van der Waals surface area contributed by atoms with Gasteiger partial charge in [-0.15, -0.1) is 0 Å². The molecule has 0 heteroatoms. The average molecular weight is 583 g/mol. The highest BCUT2D eigenvalue weighted by atomic mass is 14.2. The molecule has 0 atom stereocenters. The molecule has 0 radical (unpaired) electrons. The maximum atomic E-state index is 2.39. The van der Waals surface area contributed by atoms with Crippen LogP contribution in [-0.4, -0.2) is 0 Å². The van der Waals surface area contributed by atoms with Crippen molar-refractivity contribution in [3.05, 3.63) is 182 Å². The molecule has 0 aliphatic heterocycles. The van der Waals surface area contributed by atoms with Crippen LogP contribution in [0, 0.1) is 0 Å². The van der Waals surface area contributed by atoms with Gasteiger partial charge in [0.1, 0.15) is 0 Å². The van der Waals surface area contributed by atoms with Crippen LogP contribution in [0.4, 0.5) is 0 Å². The maximum absolute atomic E-state index is 2.39. The van der Waals surface area contributed by atoms with E-state index in [1.54, 1.807) is 0 Å². The molecule has 9 rings (SSSR count). The summed E-state index contributed by atoms with van der Waals surface area (Å²) in [4.78, 5) is 0. The lowest BCUT2D eigenvalue weighted by atomic mass is 9.84. The van der Waals surface area contributed by atoms with Gasteiger partial charge in [0, 0.05) is 0 Å². The van der Waals surface area contributed by atoms with Gasteiger partial charge in [0.25, 0.3) is 0 Å². The van der Waals surface area contributed by atoms with Crippen molar-refractivity contribution in [3.63, 3.8) is 0 Å². The third-order valence-corrected chi connectivity index (χ3v) is 9.43. The van der Waals surface area contributed by atoms with Crippen LogP contribution in [0.5, 0.6) is 0 Å². The molecule has 0 nitrogen and oxygen atoms in total. The highest BCUT2D eigenvalue weighted by Crippen LogP contribution is 2.45. The Balaban J connectivity index is 1.24. The molecule has 0 saturated carbocycles. The van der Waals surface area contributed by atoms with Gasteiger partial charge in [-0.2, -0.15) is 0 Å². The summed E-state index contributed by atoms with van der Waals surface area (Å²) >= 11 is 0. The lowest BCUT2D eigenvalue weighted by Gasteiger charge is -2.19. The third kappa shape index (κ3) is 4.38. The Bertz CT molecular complexity index is 2500. The first kappa shape index (κ1) is 26.4. The molecule has 0 aromatic heterocycles. The van der Waals surface area contributed by atoms with Crippen LogP contribution in [0.2, 0.25) is 0 Å². The maximum Gasteiger partial charge on any atom is -0.00201 e. The molecule has 0 N–H and O–H groups in total. The zero-order chi connectivity index (χ0) is 30.5. The standard InChI is InChI=1S/C46H30/c1-3-12-31(13-4-1)34-24-25-36-29-37(27-26-35(36)28-34)38-23-22-32-16-11-21-43(44(32)30-38)46-41-19-9-7-17-39(41)45(33-14-5-2-6-15-33)40-18-8-10-20-42(40)46/h1-30H. The molecule has 0 spiro atoms. The van der Waals surface area contributed by atoms with E-state index in [1.165, 1.54) is 87.6 Å². The van der Waals surface area contributed by atoms with Gasteiger partial charge in [-0.25, -0.2) is 0 Å². The van der Waals surface area contributed by atoms with E-state index >= 15 is 0 Å². The van der Waals surface area contributed by atoms with Crippen molar-refractivity contribution in [2.75, 3.05) is 0 Å². The molecule has 0 aliphatic carbocycles. The van der Waals surface area contributed by atoms with Crippen molar-refractivity contribution < 1.29 is 0 Å². The van der Waals surface area contributed by atoms with Gasteiger partial charge in [0.05, 0.1) is 0 Å². The molecule has 0 fully saturated rings. The summed E-state index contributed by atoms with van der Waals surface area (Å²) in [5.74, 6) is 0. The summed E-state index contributed by atoms with van der Waals surface area (Å²) in [6, 6.07) is 66.5. The monoisotopic (exact) mass is 582 g/mol. The average Bonchev–Trinajstić information content (AvgIpc) is 3.13. The molecular weight excluding hydrogens is 553 g/mol. The van der Waals surface area contributed by atoms with Crippen LogP contribution >= 0.6 is 0 Å². The van der Waals surface area contributed by atoms with Crippen molar-refractivity contribution in [1.82, 2.24) is 0 Å². The summed E-state index contributed by atoms with van der Waals surface area (Å²) in [7, 11) is 0. The smallest absolute Gasteiger partial charge is 0.00201 e. The number of rotatable bonds is 4. The van der Waals surface area contributed by atoms with Crippen LogP contribution < -0.4 is 0 Å². The van der Waals surface area contributed by atoms with Gasteiger partial charge < -0.3 is 0 Å². The fourth-order valence-corrected chi connectivity index (χ4v) is 7.24. The summed E-state index contributed by atoms with van der Waals surface area (Å²) in [5, 5.41) is 10.1. The number of hydrogen-bond donors (Lipinski definition) is 0. The quantitative estimate of drug-likeness (QED) is 0.181. The van der Waals surface area contributed by atoms with Gasteiger partial charge in [0.2, 0.25) is 0 Å². The number of fused-ring (bicyclic) bond motifs is 4. The summed E-state index contributed by atoms with van der Waals surface area (Å²) in [6.45, 7) is 0. The topological polar surface area (TPSA) is 0 Å². The van der Waals surface area contributed by atoms with Crippen LogP contribution in [0.15, 0.2) is 182 Å². The number of hydrogen-bond acceptors (Lipinski definition) is 0. The molecule has 0 saturated heterocycles. The van der Waals surface area contributed by atoms with Crippen molar-refractivity contribution >= 4 is 43.1 Å². The predicted molar refractivity (Wildman–Crippen MR) is 198 cm³/mol. The molecule has 46 heavy (non-hydrogen) atoms. The van der Waals surface area contributed by atoms with Gasteiger partial charge in [-0.3, -0.25) is 0 Å². The molecule has 9 aromatic rings. The van der Waals surface area contributed by atoms with Gasteiger partial charge in [-0.05, 0) is 106 Å². The minimum Gasteiger partial charge on any atom is -0.0622 e. The molecular formula is C46H30. The second-order valence-corrected chi connectivity index (χ2v) is 12.1. The minimum atomic E-state index is 1.23. The van der Waals surface area contributed by atoms with E-state index in [0.29, 0.717) is 0 Å². The van der Waals surface area contributed by atoms with Gasteiger partial charge >= 0.3 is 0 Å². The summed E-state index contributed by atoms with van der Waals surface area (Å²) in [6.07, 6.45) is 0. The van der Waals surface area contributed by atoms with E-state index in [-0.39, 0.29) is 0 Å². The zero-order valence-electron chi connectivity index (χ0n) is 25.3. The van der Waals surface area contributed by atoms with E-state index in [1.807, 2.05) is 0 Å². The van der Waals surface area contributed by atoms with Crippen molar-refractivity contribution in [2.45, 2.75) is 0 Å². The molecule has 0 bridgehead atoms. The molecule has 214 valence electrons.